The summed E-state index contributed by atoms with van der Waals surface area (Å²) in [5.74, 6) is 0. The Labute approximate surface area is 227 Å². The van der Waals surface area contributed by atoms with Crippen LogP contribution in [0.2, 0.25) is 0 Å². The van der Waals surface area contributed by atoms with Crippen molar-refractivity contribution < 1.29 is 21.6 Å². The van der Waals surface area contributed by atoms with E-state index in [2.05, 4.69) is 38.6 Å². The van der Waals surface area contributed by atoms with E-state index in [9.17, 15) is 21.6 Å². The lowest BCUT2D eigenvalue weighted by molar-refractivity contribution is -0.137. The van der Waals surface area contributed by atoms with E-state index in [0.29, 0.717) is 17.8 Å². The second-order valence-corrected chi connectivity index (χ2v) is 12.5. The zero-order valence-electron chi connectivity index (χ0n) is 21.9. The fourth-order valence-electron chi connectivity index (χ4n) is 5.71. The summed E-state index contributed by atoms with van der Waals surface area (Å²) in [6.45, 7) is 2.53. The molecule has 2 aliphatic carbocycles. The molecule has 2 aromatic carbocycles. The Hall–Kier alpha value is -2.76. The maximum absolute atomic E-state index is 13.0. The van der Waals surface area contributed by atoms with Crippen LogP contribution in [-0.4, -0.2) is 35.5 Å². The zero-order valence-corrected chi connectivity index (χ0v) is 22.7. The smallest absolute Gasteiger partial charge is 0.310 e. The third-order valence-corrected chi connectivity index (χ3v) is 9.25. The molecule has 0 radical (unpaired) electrons. The van der Waals surface area contributed by atoms with Crippen molar-refractivity contribution in [1.82, 2.24) is 25.0 Å². The highest BCUT2D eigenvalue weighted by atomic mass is 32.2. The first kappa shape index (κ1) is 27.8. The molecule has 0 spiro atoms. The molecule has 2 aliphatic rings. The largest absolute Gasteiger partial charge is 0.416 e. The minimum absolute atomic E-state index is 0.0592. The number of hydrogen-bond donors (Lipinski definition) is 2. The monoisotopic (exact) mass is 561 g/mol. The van der Waals surface area contributed by atoms with Crippen molar-refractivity contribution >= 4 is 10.0 Å². The first-order chi connectivity index (χ1) is 18.6. The van der Waals surface area contributed by atoms with Crippen molar-refractivity contribution in [3.63, 3.8) is 0 Å². The lowest BCUT2D eigenvalue weighted by Crippen LogP contribution is -2.34. The van der Waals surface area contributed by atoms with Crippen molar-refractivity contribution in [2.45, 2.75) is 94.0 Å². The Kier molecular flexibility index (Phi) is 8.11. The maximum atomic E-state index is 13.0. The second-order valence-electron chi connectivity index (χ2n) is 10.7. The third kappa shape index (κ3) is 6.70. The van der Waals surface area contributed by atoms with Gasteiger partial charge in [0.15, 0.2) is 0 Å². The molecule has 3 aromatic rings. The van der Waals surface area contributed by atoms with E-state index in [1.54, 1.807) is 6.92 Å². The molecule has 210 valence electrons. The quantitative estimate of drug-likeness (QED) is 0.377. The lowest BCUT2D eigenvalue weighted by atomic mass is 9.86. The van der Waals surface area contributed by atoms with Crippen molar-refractivity contribution in [2.24, 2.45) is 0 Å². The van der Waals surface area contributed by atoms with Gasteiger partial charge in [-0.3, -0.25) is 0 Å². The first-order valence-corrected chi connectivity index (χ1v) is 15.0. The normalized spacial score (nSPS) is 19.2. The van der Waals surface area contributed by atoms with Gasteiger partial charge in [0, 0.05) is 31.2 Å². The van der Waals surface area contributed by atoms with Gasteiger partial charge in [-0.15, -0.1) is 5.10 Å². The van der Waals surface area contributed by atoms with Crippen LogP contribution in [0, 0.1) is 0 Å². The average molecular weight is 562 g/mol. The topological polar surface area (TPSA) is 88.9 Å². The Morgan fingerprint density at radius 3 is 2.64 bits per heavy atom. The summed E-state index contributed by atoms with van der Waals surface area (Å²) in [5.41, 5.74) is 3.46. The number of fused-ring (bicyclic) bond motifs is 1. The molecular formula is C28H34F3N5O2S. The number of alkyl halides is 3. The summed E-state index contributed by atoms with van der Waals surface area (Å²) in [7, 11) is -4.14. The maximum Gasteiger partial charge on any atom is 0.416 e. The molecule has 39 heavy (non-hydrogen) atoms. The number of aromatic nitrogens is 3. The van der Waals surface area contributed by atoms with Gasteiger partial charge in [-0.25, -0.2) is 17.8 Å². The number of benzene rings is 2. The summed E-state index contributed by atoms with van der Waals surface area (Å²) in [6, 6.07) is 10.5. The van der Waals surface area contributed by atoms with E-state index in [0.717, 1.165) is 44.0 Å². The van der Waals surface area contributed by atoms with Crippen LogP contribution in [0.25, 0.3) is 0 Å². The Morgan fingerprint density at radius 2 is 1.87 bits per heavy atom. The fraction of sp³-hybridized carbons (Fsp3) is 0.500. The van der Waals surface area contributed by atoms with Crippen LogP contribution in [0.15, 0.2) is 53.6 Å². The zero-order chi connectivity index (χ0) is 27.6. The molecule has 1 unspecified atom stereocenters. The van der Waals surface area contributed by atoms with Crippen molar-refractivity contribution in [2.75, 3.05) is 0 Å². The summed E-state index contributed by atoms with van der Waals surface area (Å²) < 4.78 is 68.9. The highest BCUT2D eigenvalue weighted by Gasteiger charge is 2.32. The number of nitrogens with one attached hydrogen (secondary N) is 2. The molecule has 0 saturated heterocycles. The molecular weight excluding hydrogens is 527 g/mol. The SMILES string of the molecule is CC(Cc1cn([C@@H]2CCCc3cc(CNC4CCCC4)ccc32)nn1)NS(=O)(=O)c1cccc(C(F)(F)F)c1. The molecule has 5 rings (SSSR count). The molecule has 2 atom stereocenters. The molecule has 1 saturated carbocycles. The highest BCUT2D eigenvalue weighted by molar-refractivity contribution is 7.89. The molecule has 7 nitrogen and oxygen atoms in total. The number of hydrogen-bond acceptors (Lipinski definition) is 5. The minimum Gasteiger partial charge on any atom is -0.310 e. The molecule has 1 fully saturated rings. The van der Waals surface area contributed by atoms with Gasteiger partial charge in [0.2, 0.25) is 10.0 Å². The molecule has 1 heterocycles. The van der Waals surface area contributed by atoms with E-state index >= 15 is 0 Å². The van der Waals surface area contributed by atoms with Gasteiger partial charge < -0.3 is 5.32 Å². The molecule has 0 aliphatic heterocycles. The van der Waals surface area contributed by atoms with E-state index in [-0.39, 0.29) is 12.5 Å². The van der Waals surface area contributed by atoms with Crippen molar-refractivity contribution in [3.8, 4) is 0 Å². The Balaban J connectivity index is 1.23. The van der Waals surface area contributed by atoms with Crippen LogP contribution in [0.3, 0.4) is 0 Å². The molecule has 0 amide bonds. The fourth-order valence-corrected chi connectivity index (χ4v) is 6.99. The van der Waals surface area contributed by atoms with Crippen LogP contribution in [0.5, 0.6) is 0 Å². The number of rotatable bonds is 9. The van der Waals surface area contributed by atoms with Crippen LogP contribution in [-0.2, 0) is 35.6 Å². The number of sulfonamides is 1. The van der Waals surface area contributed by atoms with Crippen molar-refractivity contribution in [1.29, 1.82) is 0 Å². The van der Waals surface area contributed by atoms with Crippen LogP contribution < -0.4 is 10.0 Å². The lowest BCUT2D eigenvalue weighted by Gasteiger charge is -2.26. The van der Waals surface area contributed by atoms with E-state index < -0.39 is 32.7 Å². The van der Waals surface area contributed by atoms with E-state index in [1.807, 2.05) is 10.9 Å². The van der Waals surface area contributed by atoms with Crippen molar-refractivity contribution in [3.05, 3.63) is 76.6 Å². The van der Waals surface area contributed by atoms with Gasteiger partial charge in [0.05, 0.1) is 22.2 Å². The predicted octanol–water partition coefficient (Wildman–Crippen LogP) is 5.16. The molecule has 2 N–H and O–H groups in total. The predicted molar refractivity (Wildman–Crippen MR) is 142 cm³/mol. The summed E-state index contributed by atoms with van der Waals surface area (Å²) in [6.07, 6.45) is 5.61. The Morgan fingerprint density at radius 1 is 1.08 bits per heavy atom. The number of halogens is 3. The number of nitrogens with zero attached hydrogens (tertiary/aromatic N) is 3. The van der Waals surface area contributed by atoms with Gasteiger partial charge in [-0.05, 0) is 73.9 Å². The van der Waals surface area contributed by atoms with Crippen LogP contribution in [0.4, 0.5) is 13.2 Å². The highest BCUT2D eigenvalue weighted by Crippen LogP contribution is 2.33. The molecule has 0 bridgehead atoms. The average Bonchev–Trinajstić information content (AvgIpc) is 3.58. The minimum atomic E-state index is -4.62. The summed E-state index contributed by atoms with van der Waals surface area (Å²) in [4.78, 5) is -0.426. The van der Waals surface area contributed by atoms with Crippen LogP contribution in [0.1, 0.15) is 79.4 Å². The second kappa shape index (κ2) is 11.4. The van der Waals surface area contributed by atoms with Gasteiger partial charge in [-0.1, -0.05) is 42.3 Å². The number of aryl methyl sites for hydroxylation is 1. The van der Waals surface area contributed by atoms with Gasteiger partial charge in [0.1, 0.15) is 0 Å². The van der Waals surface area contributed by atoms with Gasteiger partial charge in [0.25, 0.3) is 0 Å². The standard InChI is InChI=1S/C28H34F3N5O2S/c1-19(34-39(37,38)25-10-5-7-22(16-25)28(29,30)31)14-24-18-36(35-33-24)27-11-4-6-21-15-20(12-13-26(21)27)17-32-23-8-2-3-9-23/h5,7,10,12-13,15-16,18-19,23,27,32,34H,2-4,6,8-9,11,14,17H2,1H3/t19?,27-/m1/s1. The van der Waals surface area contributed by atoms with Crippen LogP contribution >= 0.6 is 0 Å². The Bertz CT molecular complexity index is 1400. The third-order valence-electron chi connectivity index (χ3n) is 7.66. The summed E-state index contributed by atoms with van der Waals surface area (Å²) in [5, 5.41) is 12.3. The molecule has 1 aromatic heterocycles. The summed E-state index contributed by atoms with van der Waals surface area (Å²) >= 11 is 0. The van der Waals surface area contributed by atoms with E-state index in [4.69, 9.17) is 0 Å². The molecule has 11 heteroatoms. The first-order valence-electron chi connectivity index (χ1n) is 13.5. The van der Waals surface area contributed by atoms with Gasteiger partial charge in [-0.2, -0.15) is 13.2 Å². The van der Waals surface area contributed by atoms with Gasteiger partial charge >= 0.3 is 6.18 Å². The van der Waals surface area contributed by atoms with E-state index in [1.165, 1.54) is 42.4 Å².